The average molecular weight is 369 g/mol. The Bertz CT molecular complexity index is 830. The number of amides is 1. The fourth-order valence-corrected chi connectivity index (χ4v) is 4.65. The molecule has 3 fully saturated rings. The number of hydrogen-bond donors (Lipinski definition) is 1. The number of aromatic nitrogens is 1. The molecule has 3 unspecified atom stereocenters. The largest absolute Gasteiger partial charge is 0.440 e. The van der Waals surface area contributed by atoms with Crippen LogP contribution in [-0.2, 0) is 0 Å². The minimum Gasteiger partial charge on any atom is -0.440 e. The molecular formula is C20H27N5O2. The van der Waals surface area contributed by atoms with E-state index >= 15 is 0 Å². The van der Waals surface area contributed by atoms with Crippen molar-refractivity contribution in [1.29, 1.82) is 0 Å². The fourth-order valence-electron chi connectivity index (χ4n) is 4.65. The third kappa shape index (κ3) is 3.41. The number of pyridine rings is 1. The quantitative estimate of drug-likeness (QED) is 0.882. The number of likely N-dealkylation sites (N-methyl/N-ethyl adjacent to an activating group) is 1. The van der Waals surface area contributed by atoms with Crippen molar-refractivity contribution in [2.24, 2.45) is 5.92 Å². The predicted octanol–water partition coefficient (Wildman–Crippen LogP) is 1.40. The summed E-state index contributed by atoms with van der Waals surface area (Å²) in [5, 5.41) is 4.12. The molecule has 0 saturated carbocycles. The van der Waals surface area contributed by atoms with Crippen LogP contribution in [0.2, 0.25) is 0 Å². The van der Waals surface area contributed by atoms with E-state index in [1.54, 1.807) is 12.3 Å². The summed E-state index contributed by atoms with van der Waals surface area (Å²) in [6.45, 7) is 7.29. The van der Waals surface area contributed by atoms with E-state index < -0.39 is 0 Å². The van der Waals surface area contributed by atoms with Crippen LogP contribution in [0.1, 0.15) is 23.3 Å². The summed E-state index contributed by atoms with van der Waals surface area (Å²) in [6.07, 6.45) is 4.10. The zero-order valence-electron chi connectivity index (χ0n) is 15.9. The third-order valence-electron chi connectivity index (χ3n) is 6.24. The molecule has 27 heavy (non-hydrogen) atoms. The lowest BCUT2D eigenvalue weighted by molar-refractivity contribution is 0.0904. The van der Waals surface area contributed by atoms with Crippen molar-refractivity contribution in [3.63, 3.8) is 0 Å². The van der Waals surface area contributed by atoms with E-state index in [9.17, 15) is 4.79 Å². The first kappa shape index (κ1) is 17.0. The molecule has 2 bridgehead atoms. The molecule has 144 valence electrons. The number of piperidine rings is 1. The summed E-state index contributed by atoms with van der Waals surface area (Å²) in [6, 6.07) is 4.04. The van der Waals surface area contributed by atoms with Crippen molar-refractivity contribution < 1.29 is 9.21 Å². The minimum atomic E-state index is -0.0954. The van der Waals surface area contributed by atoms with Gasteiger partial charge >= 0.3 is 0 Å². The fraction of sp³-hybridized carbons (Fsp3) is 0.600. The molecule has 3 atom stereocenters. The van der Waals surface area contributed by atoms with Gasteiger partial charge in [0.05, 0.1) is 0 Å². The zero-order valence-corrected chi connectivity index (χ0v) is 15.9. The first-order chi connectivity index (χ1) is 13.1. The van der Waals surface area contributed by atoms with Gasteiger partial charge in [-0.05, 0) is 32.4 Å². The molecule has 1 amide bonds. The molecule has 0 radical (unpaired) electrons. The van der Waals surface area contributed by atoms with Crippen LogP contribution in [0.25, 0.3) is 11.0 Å². The first-order valence-corrected chi connectivity index (χ1v) is 10.0. The molecule has 5 rings (SSSR count). The topological polar surface area (TPSA) is 64.8 Å². The molecule has 5 heterocycles. The number of nitrogens with zero attached hydrogens (tertiary/aromatic N) is 4. The molecule has 0 aromatic carbocycles. The van der Waals surface area contributed by atoms with Crippen LogP contribution in [0.4, 0.5) is 5.88 Å². The van der Waals surface area contributed by atoms with Crippen LogP contribution < -0.4 is 10.2 Å². The molecule has 0 aliphatic carbocycles. The van der Waals surface area contributed by atoms with Crippen molar-refractivity contribution in [1.82, 2.24) is 20.1 Å². The number of nitrogens with one attached hydrogen (secondary N) is 1. The molecular weight excluding hydrogens is 342 g/mol. The first-order valence-electron chi connectivity index (χ1n) is 10.0. The van der Waals surface area contributed by atoms with Gasteiger partial charge in [-0.2, -0.15) is 0 Å². The number of carbonyl (C=O) groups excluding carboxylic acids is 1. The van der Waals surface area contributed by atoms with E-state index in [4.69, 9.17) is 4.42 Å². The Labute approximate surface area is 159 Å². The van der Waals surface area contributed by atoms with Crippen LogP contribution in [0.15, 0.2) is 22.7 Å². The minimum absolute atomic E-state index is 0.0954. The molecule has 7 heteroatoms. The lowest BCUT2D eigenvalue weighted by atomic mass is 9.97. The van der Waals surface area contributed by atoms with Crippen LogP contribution in [0, 0.1) is 5.92 Å². The van der Waals surface area contributed by atoms with Gasteiger partial charge in [0.1, 0.15) is 11.3 Å². The summed E-state index contributed by atoms with van der Waals surface area (Å²) in [7, 11) is 2.14. The molecule has 2 aromatic rings. The summed E-state index contributed by atoms with van der Waals surface area (Å²) in [5.74, 6) is 1.51. The Kier molecular flexibility index (Phi) is 4.28. The van der Waals surface area contributed by atoms with Gasteiger partial charge < -0.3 is 24.4 Å². The second-order valence-electron chi connectivity index (χ2n) is 8.30. The summed E-state index contributed by atoms with van der Waals surface area (Å²) >= 11 is 0. The van der Waals surface area contributed by atoms with Gasteiger partial charge in [-0.3, -0.25) is 9.78 Å². The second-order valence-corrected chi connectivity index (χ2v) is 8.30. The Morgan fingerprint density at radius 2 is 2.04 bits per heavy atom. The van der Waals surface area contributed by atoms with E-state index in [1.807, 2.05) is 6.07 Å². The van der Waals surface area contributed by atoms with E-state index in [2.05, 4.69) is 32.0 Å². The van der Waals surface area contributed by atoms with Gasteiger partial charge in [-0.25, -0.2) is 0 Å². The highest BCUT2D eigenvalue weighted by Gasteiger charge is 2.33. The van der Waals surface area contributed by atoms with Gasteiger partial charge in [-0.15, -0.1) is 0 Å². The van der Waals surface area contributed by atoms with E-state index in [-0.39, 0.29) is 11.9 Å². The van der Waals surface area contributed by atoms with Crippen molar-refractivity contribution in [3.8, 4) is 0 Å². The number of piperazine rings is 1. The molecule has 0 spiro atoms. The lowest BCUT2D eigenvalue weighted by Crippen LogP contribution is -2.47. The number of furan rings is 1. The van der Waals surface area contributed by atoms with Crippen molar-refractivity contribution in [2.45, 2.75) is 18.9 Å². The van der Waals surface area contributed by atoms with Crippen LogP contribution in [-0.4, -0.2) is 79.6 Å². The summed E-state index contributed by atoms with van der Waals surface area (Å²) < 4.78 is 6.05. The second kappa shape index (κ2) is 6.80. The zero-order chi connectivity index (χ0) is 18.4. The highest BCUT2D eigenvalue weighted by Crippen LogP contribution is 2.28. The molecule has 2 aromatic heterocycles. The Balaban J connectivity index is 1.29. The SMILES string of the molecule is CN1CCN(c2cc3cnc(C(=O)NC4CC5CCN(C5)C4)cc3o2)CC1. The maximum absolute atomic E-state index is 12.7. The molecule has 7 nitrogen and oxygen atoms in total. The van der Waals surface area contributed by atoms with Crippen LogP contribution >= 0.6 is 0 Å². The van der Waals surface area contributed by atoms with Gasteiger partial charge in [0.25, 0.3) is 5.91 Å². The number of anilines is 1. The van der Waals surface area contributed by atoms with Crippen molar-refractivity contribution >= 4 is 22.8 Å². The molecule has 1 N–H and O–H groups in total. The van der Waals surface area contributed by atoms with Gasteiger partial charge in [0.2, 0.25) is 0 Å². The average Bonchev–Trinajstić information content (AvgIpc) is 3.24. The maximum Gasteiger partial charge on any atom is 0.270 e. The van der Waals surface area contributed by atoms with Crippen molar-refractivity contribution in [3.05, 3.63) is 24.0 Å². The normalized spacial score (nSPS) is 28.6. The Morgan fingerprint density at radius 3 is 2.85 bits per heavy atom. The molecule has 3 saturated heterocycles. The monoisotopic (exact) mass is 369 g/mol. The van der Waals surface area contributed by atoms with Gasteiger partial charge in [0.15, 0.2) is 5.88 Å². The summed E-state index contributed by atoms with van der Waals surface area (Å²) in [5.41, 5.74) is 1.17. The molecule has 3 aliphatic rings. The smallest absolute Gasteiger partial charge is 0.270 e. The molecule has 3 aliphatic heterocycles. The lowest BCUT2D eigenvalue weighted by Gasteiger charge is -2.32. The van der Waals surface area contributed by atoms with Crippen molar-refractivity contribution in [2.75, 3.05) is 57.8 Å². The van der Waals surface area contributed by atoms with Gasteiger partial charge in [0, 0.05) is 69.0 Å². The van der Waals surface area contributed by atoms with Crippen LogP contribution in [0.5, 0.6) is 0 Å². The number of rotatable bonds is 3. The highest BCUT2D eigenvalue weighted by atomic mass is 16.4. The third-order valence-corrected chi connectivity index (χ3v) is 6.24. The predicted molar refractivity (Wildman–Crippen MR) is 104 cm³/mol. The van der Waals surface area contributed by atoms with E-state index in [0.29, 0.717) is 5.69 Å². The summed E-state index contributed by atoms with van der Waals surface area (Å²) in [4.78, 5) is 24.1. The maximum atomic E-state index is 12.7. The standard InChI is InChI=1S/C20H27N5O2/c1-23-4-6-25(7-5-23)19-9-15-11-21-17(10-18(15)27-19)20(26)22-16-8-14-2-3-24(12-14)13-16/h9-11,14,16H,2-8,12-13H2,1H3,(H,22,26). The highest BCUT2D eigenvalue weighted by molar-refractivity contribution is 5.95. The van der Waals surface area contributed by atoms with E-state index in [0.717, 1.165) is 61.9 Å². The van der Waals surface area contributed by atoms with Gasteiger partial charge in [-0.1, -0.05) is 0 Å². The van der Waals surface area contributed by atoms with E-state index in [1.165, 1.54) is 19.5 Å². The Hall–Kier alpha value is -2.12. The Morgan fingerprint density at radius 1 is 1.19 bits per heavy atom. The number of fused-ring (bicyclic) bond motifs is 3. The number of hydrogen-bond acceptors (Lipinski definition) is 6. The number of carbonyl (C=O) groups is 1. The van der Waals surface area contributed by atoms with Crippen LogP contribution in [0.3, 0.4) is 0 Å².